The fourth-order valence-electron chi connectivity index (χ4n) is 4.79. The highest BCUT2D eigenvalue weighted by Gasteiger charge is 2.37. The van der Waals surface area contributed by atoms with Gasteiger partial charge in [-0.05, 0) is 59.9 Å². The molecule has 3 rings (SSSR count). The molecular formula is C29H33F3N3O4P. The Balaban J connectivity index is 1.63. The molecule has 214 valence electrons. The minimum Gasteiger partial charge on any atom is -0.346 e. The molecule has 0 aromatic heterocycles. The van der Waals surface area contributed by atoms with E-state index in [1.165, 1.54) is 0 Å². The molecule has 0 heterocycles. The highest BCUT2D eigenvalue weighted by Crippen LogP contribution is 2.50. The molecule has 0 aliphatic heterocycles. The first-order valence-corrected chi connectivity index (χ1v) is 15.1. The van der Waals surface area contributed by atoms with Crippen LogP contribution in [0.25, 0.3) is 11.1 Å². The van der Waals surface area contributed by atoms with Crippen molar-refractivity contribution in [1.82, 2.24) is 5.32 Å². The zero-order valence-corrected chi connectivity index (χ0v) is 23.1. The third kappa shape index (κ3) is 8.93. The number of benzene rings is 2. The molecule has 40 heavy (non-hydrogen) atoms. The summed E-state index contributed by atoms with van der Waals surface area (Å²) in [6.07, 6.45) is -0.0225. The van der Waals surface area contributed by atoms with Crippen molar-refractivity contribution in [3.63, 3.8) is 0 Å². The first kappa shape index (κ1) is 31.4. The van der Waals surface area contributed by atoms with Crippen LogP contribution < -0.4 is 5.32 Å². The summed E-state index contributed by atoms with van der Waals surface area (Å²) in [5, 5.41) is 19.4. The summed E-state index contributed by atoms with van der Waals surface area (Å²) in [5.74, 6) is -1.49. The van der Waals surface area contributed by atoms with Gasteiger partial charge in [-0.3, -0.25) is 9.36 Å². The molecule has 2 aromatic carbocycles. The molecule has 0 saturated heterocycles. The predicted octanol–water partition coefficient (Wildman–Crippen LogP) is 7.02. The third-order valence-electron chi connectivity index (χ3n) is 6.58. The van der Waals surface area contributed by atoms with Gasteiger partial charge in [0.2, 0.25) is 5.91 Å². The van der Waals surface area contributed by atoms with Crippen LogP contribution in [0, 0.1) is 22.7 Å². The molecule has 1 N–H and O–H groups in total. The fraction of sp³-hybridized carbons (Fsp3) is 0.483. The number of hydrogen-bond donors (Lipinski definition) is 1. The van der Waals surface area contributed by atoms with Crippen molar-refractivity contribution in [3.8, 4) is 23.3 Å². The predicted molar refractivity (Wildman–Crippen MR) is 144 cm³/mol. The lowest BCUT2D eigenvalue weighted by Gasteiger charge is -2.18. The van der Waals surface area contributed by atoms with Crippen LogP contribution in [-0.4, -0.2) is 38.0 Å². The molecule has 11 heteroatoms. The van der Waals surface area contributed by atoms with Crippen molar-refractivity contribution >= 4 is 13.5 Å². The van der Waals surface area contributed by atoms with Crippen molar-refractivity contribution in [2.45, 2.75) is 63.5 Å². The van der Waals surface area contributed by atoms with Crippen LogP contribution in [0.4, 0.5) is 13.2 Å². The van der Waals surface area contributed by atoms with Crippen LogP contribution in [0.15, 0.2) is 42.5 Å². The van der Waals surface area contributed by atoms with Crippen LogP contribution in [-0.2, 0) is 24.8 Å². The monoisotopic (exact) mass is 575 g/mol. The molecule has 1 amide bonds. The molecule has 1 atom stereocenters. The number of aryl methyl sites for hydroxylation is 1. The van der Waals surface area contributed by atoms with Gasteiger partial charge in [-0.15, -0.1) is 0 Å². The van der Waals surface area contributed by atoms with Crippen LogP contribution >= 0.6 is 7.60 Å². The minimum atomic E-state index is -4.49. The number of hydrogen-bond acceptors (Lipinski definition) is 6. The number of fused-ring (bicyclic) bond motifs is 3. The summed E-state index contributed by atoms with van der Waals surface area (Å²) in [6, 6.07) is 16.9. The van der Waals surface area contributed by atoms with Gasteiger partial charge < -0.3 is 14.4 Å². The standard InChI is InChI=1S/C29H33F3N3O4P/c30-29(31,32)21-35-28(36)27-24-14-4-3-13-23(24)26-22(12-10-15-25(26)27)11-2-1-9-20-40(37,38-18-7-5-16-33)39-19-8-6-17-34/h3-4,10,12-15,27H,1-2,5-9,11,18-21H2,(H,35,36). The third-order valence-corrected chi connectivity index (χ3v) is 8.60. The maximum Gasteiger partial charge on any atom is 0.405 e. The van der Waals surface area contributed by atoms with Gasteiger partial charge in [-0.1, -0.05) is 48.9 Å². The lowest BCUT2D eigenvalue weighted by molar-refractivity contribution is -0.138. The molecule has 7 nitrogen and oxygen atoms in total. The number of amides is 1. The second-order valence-electron chi connectivity index (χ2n) is 9.57. The second-order valence-corrected chi connectivity index (χ2v) is 11.8. The van der Waals surface area contributed by atoms with Crippen LogP contribution in [0.3, 0.4) is 0 Å². The van der Waals surface area contributed by atoms with Crippen molar-refractivity contribution < 1.29 is 31.6 Å². The zero-order chi connectivity index (χ0) is 29.0. The van der Waals surface area contributed by atoms with Gasteiger partial charge >= 0.3 is 13.8 Å². The smallest absolute Gasteiger partial charge is 0.346 e. The zero-order valence-electron chi connectivity index (χ0n) is 22.2. The van der Waals surface area contributed by atoms with E-state index in [-0.39, 0.29) is 19.4 Å². The van der Waals surface area contributed by atoms with Gasteiger partial charge in [0.05, 0.1) is 37.4 Å². The van der Waals surface area contributed by atoms with Crippen molar-refractivity contribution in [2.75, 3.05) is 25.9 Å². The first-order chi connectivity index (χ1) is 19.2. The Morgan fingerprint density at radius 1 is 0.900 bits per heavy atom. The summed E-state index contributed by atoms with van der Waals surface area (Å²) in [7, 11) is -3.35. The molecule has 0 fully saturated rings. The number of carbonyl (C=O) groups is 1. The summed E-state index contributed by atoms with van der Waals surface area (Å²) in [5.41, 5.74) is 4.12. The Hall–Kier alpha value is -3.17. The molecular weight excluding hydrogens is 542 g/mol. The number of halogens is 3. The fourth-order valence-corrected chi connectivity index (χ4v) is 6.55. The highest BCUT2D eigenvalue weighted by atomic mass is 31.2. The lowest BCUT2D eigenvalue weighted by atomic mass is 9.93. The highest BCUT2D eigenvalue weighted by molar-refractivity contribution is 7.53. The van der Waals surface area contributed by atoms with E-state index in [0.29, 0.717) is 49.7 Å². The van der Waals surface area contributed by atoms with Crippen molar-refractivity contribution in [2.24, 2.45) is 0 Å². The minimum absolute atomic E-state index is 0.163. The molecule has 1 unspecified atom stereocenters. The molecule has 0 saturated carbocycles. The van der Waals surface area contributed by atoms with Crippen molar-refractivity contribution in [3.05, 3.63) is 59.2 Å². The molecule has 2 aromatic rings. The average molecular weight is 576 g/mol. The summed E-state index contributed by atoms with van der Waals surface area (Å²) in [6.45, 7) is -1.06. The van der Waals surface area contributed by atoms with Crippen LogP contribution in [0.1, 0.15) is 67.6 Å². The second kappa shape index (κ2) is 15.0. The molecule has 0 radical (unpaired) electrons. The molecule has 0 spiro atoms. The maximum atomic E-state index is 13.2. The van der Waals surface area contributed by atoms with E-state index in [0.717, 1.165) is 29.5 Å². The Bertz CT molecular complexity index is 1260. The van der Waals surface area contributed by atoms with E-state index >= 15 is 0 Å². The largest absolute Gasteiger partial charge is 0.405 e. The van der Waals surface area contributed by atoms with E-state index in [1.54, 1.807) is 18.2 Å². The number of nitrogens with zero attached hydrogens (tertiary/aromatic N) is 2. The number of unbranched alkanes of at least 4 members (excludes halogenated alkanes) is 4. The van der Waals surface area contributed by atoms with E-state index in [1.807, 2.05) is 41.7 Å². The van der Waals surface area contributed by atoms with Crippen molar-refractivity contribution in [1.29, 1.82) is 10.5 Å². The molecule has 0 bridgehead atoms. The van der Waals surface area contributed by atoms with E-state index < -0.39 is 32.1 Å². The van der Waals surface area contributed by atoms with E-state index in [2.05, 4.69) is 0 Å². The Kier molecular flexibility index (Phi) is 11.8. The van der Waals surface area contributed by atoms with Gasteiger partial charge in [0, 0.05) is 12.8 Å². The number of carbonyl (C=O) groups excluding carboxylic acids is 1. The number of rotatable bonds is 16. The Morgan fingerprint density at radius 2 is 1.55 bits per heavy atom. The normalized spacial score (nSPS) is 14.2. The molecule has 1 aliphatic carbocycles. The quantitative estimate of drug-likeness (QED) is 0.170. The van der Waals surface area contributed by atoms with Crippen LogP contribution in [0.2, 0.25) is 0 Å². The summed E-state index contributed by atoms with van der Waals surface area (Å²) in [4.78, 5) is 12.9. The summed E-state index contributed by atoms with van der Waals surface area (Å²) < 4.78 is 62.5. The van der Waals surface area contributed by atoms with Gasteiger partial charge in [0.1, 0.15) is 6.54 Å². The number of alkyl halides is 3. The Morgan fingerprint density at radius 3 is 2.20 bits per heavy atom. The van der Waals surface area contributed by atoms with E-state index in [4.69, 9.17) is 19.6 Å². The first-order valence-electron chi connectivity index (χ1n) is 13.4. The lowest BCUT2D eigenvalue weighted by Crippen LogP contribution is -2.36. The van der Waals surface area contributed by atoms with Gasteiger partial charge in [-0.2, -0.15) is 23.7 Å². The van der Waals surface area contributed by atoms with E-state index in [9.17, 15) is 22.5 Å². The van der Waals surface area contributed by atoms with Gasteiger partial charge in [-0.25, -0.2) is 0 Å². The van der Waals surface area contributed by atoms with Gasteiger partial charge in [0.25, 0.3) is 0 Å². The maximum absolute atomic E-state index is 13.2. The molecule has 1 aliphatic rings. The Labute approximate surface area is 232 Å². The number of nitrogens with one attached hydrogen (secondary N) is 1. The SMILES string of the molecule is N#CCCCOP(=O)(CCCCCc1cccc2c1-c1ccccc1C2C(=O)NCC(F)(F)F)OCCCC#N. The van der Waals surface area contributed by atoms with Crippen LogP contribution in [0.5, 0.6) is 0 Å². The topological polar surface area (TPSA) is 112 Å². The number of nitriles is 2. The average Bonchev–Trinajstić information content (AvgIpc) is 3.27. The van der Waals surface area contributed by atoms with Gasteiger partial charge in [0.15, 0.2) is 0 Å². The summed E-state index contributed by atoms with van der Waals surface area (Å²) >= 11 is 0.